The van der Waals surface area contributed by atoms with Crippen LogP contribution >= 0.6 is 0 Å². The molecule has 17 heavy (non-hydrogen) atoms. The van der Waals surface area contributed by atoms with Crippen LogP contribution in [-0.2, 0) is 0 Å². The molecule has 5 nitrogen and oxygen atoms in total. The van der Waals surface area contributed by atoms with Crippen LogP contribution in [0.3, 0.4) is 0 Å². The molecule has 0 aromatic heterocycles. The minimum absolute atomic E-state index is 0.0581. The summed E-state index contributed by atoms with van der Waals surface area (Å²) in [5.41, 5.74) is 14.3. The lowest BCUT2D eigenvalue weighted by molar-refractivity contribution is -0.384. The highest BCUT2D eigenvalue weighted by Gasteiger charge is 2.07. The average Bonchev–Trinajstić information content (AvgIpc) is 2.29. The van der Waals surface area contributed by atoms with Crippen LogP contribution in [-0.4, -0.2) is 4.92 Å². The summed E-state index contributed by atoms with van der Waals surface area (Å²) in [6, 6.07) is 11.4. The van der Waals surface area contributed by atoms with Crippen molar-refractivity contribution in [2.75, 3.05) is 11.5 Å². The summed E-state index contributed by atoms with van der Waals surface area (Å²) < 4.78 is 0. The van der Waals surface area contributed by atoms with Crippen molar-refractivity contribution in [1.82, 2.24) is 0 Å². The van der Waals surface area contributed by atoms with E-state index in [1.165, 1.54) is 12.1 Å². The van der Waals surface area contributed by atoms with Crippen molar-refractivity contribution in [3.05, 3.63) is 52.6 Å². The lowest BCUT2D eigenvalue weighted by atomic mass is 10.0. The second-order valence-corrected chi connectivity index (χ2v) is 3.65. The summed E-state index contributed by atoms with van der Waals surface area (Å²) in [7, 11) is 0. The maximum absolute atomic E-state index is 10.5. The molecule has 0 amide bonds. The van der Waals surface area contributed by atoms with Crippen molar-refractivity contribution < 1.29 is 4.92 Å². The van der Waals surface area contributed by atoms with Gasteiger partial charge in [0.05, 0.1) is 4.92 Å². The maximum Gasteiger partial charge on any atom is 0.269 e. The van der Waals surface area contributed by atoms with Gasteiger partial charge in [-0.2, -0.15) is 0 Å². The Kier molecular flexibility index (Phi) is 2.66. The fraction of sp³-hybridized carbons (Fsp3) is 0. The molecule has 2 aromatic carbocycles. The lowest BCUT2D eigenvalue weighted by Crippen LogP contribution is -1.93. The molecule has 0 radical (unpaired) electrons. The Morgan fingerprint density at radius 1 is 1.00 bits per heavy atom. The number of nitro benzene ring substituents is 1. The molecule has 86 valence electrons. The minimum atomic E-state index is -0.434. The lowest BCUT2D eigenvalue weighted by Gasteiger charge is -2.06. The highest BCUT2D eigenvalue weighted by molar-refractivity contribution is 5.79. The van der Waals surface area contributed by atoms with E-state index in [0.717, 1.165) is 11.1 Å². The van der Waals surface area contributed by atoms with Gasteiger partial charge in [0.25, 0.3) is 5.69 Å². The van der Waals surface area contributed by atoms with Crippen LogP contribution in [0.5, 0.6) is 0 Å². The number of nitrogens with two attached hydrogens (primary N) is 2. The smallest absolute Gasteiger partial charge is 0.269 e. The molecule has 0 saturated heterocycles. The monoisotopic (exact) mass is 229 g/mol. The van der Waals surface area contributed by atoms with E-state index in [1.807, 2.05) is 0 Å². The number of benzene rings is 2. The standard InChI is InChI=1S/C12H11N3O2/c13-9-3-6-11(12(14)7-9)8-1-4-10(5-2-8)15(16)17/h1-7H,13-14H2. The fourth-order valence-electron chi connectivity index (χ4n) is 1.61. The van der Waals surface area contributed by atoms with Crippen LogP contribution in [0, 0.1) is 10.1 Å². The van der Waals surface area contributed by atoms with E-state index in [4.69, 9.17) is 11.5 Å². The number of anilines is 2. The van der Waals surface area contributed by atoms with Crippen molar-refractivity contribution in [3.63, 3.8) is 0 Å². The molecule has 0 fully saturated rings. The summed E-state index contributed by atoms with van der Waals surface area (Å²) in [4.78, 5) is 10.1. The van der Waals surface area contributed by atoms with Gasteiger partial charge in [-0.05, 0) is 29.8 Å². The first-order valence-corrected chi connectivity index (χ1v) is 4.98. The molecule has 0 spiro atoms. The summed E-state index contributed by atoms with van der Waals surface area (Å²) in [5.74, 6) is 0. The van der Waals surface area contributed by atoms with E-state index < -0.39 is 4.92 Å². The predicted octanol–water partition coefficient (Wildman–Crippen LogP) is 2.43. The predicted molar refractivity (Wildman–Crippen MR) is 67.4 cm³/mol. The maximum atomic E-state index is 10.5. The Labute approximate surface area is 97.8 Å². The van der Waals surface area contributed by atoms with E-state index in [9.17, 15) is 10.1 Å². The zero-order valence-electron chi connectivity index (χ0n) is 8.96. The SMILES string of the molecule is Nc1ccc(-c2ccc([N+](=O)[O-])cc2)c(N)c1. The normalized spacial score (nSPS) is 10.1. The van der Waals surface area contributed by atoms with E-state index in [-0.39, 0.29) is 5.69 Å². The van der Waals surface area contributed by atoms with E-state index >= 15 is 0 Å². The molecule has 0 atom stereocenters. The van der Waals surface area contributed by atoms with Crippen LogP contribution in [0.15, 0.2) is 42.5 Å². The number of nitrogen functional groups attached to an aromatic ring is 2. The Hall–Kier alpha value is -2.56. The van der Waals surface area contributed by atoms with Crippen molar-refractivity contribution >= 4 is 17.1 Å². The third-order valence-corrected chi connectivity index (χ3v) is 2.46. The van der Waals surface area contributed by atoms with Gasteiger partial charge in [0.15, 0.2) is 0 Å². The number of rotatable bonds is 2. The minimum Gasteiger partial charge on any atom is -0.399 e. The van der Waals surface area contributed by atoms with Gasteiger partial charge in [0.2, 0.25) is 0 Å². The molecule has 0 saturated carbocycles. The molecular formula is C12H11N3O2. The van der Waals surface area contributed by atoms with Crippen molar-refractivity contribution in [1.29, 1.82) is 0 Å². The van der Waals surface area contributed by atoms with Crippen molar-refractivity contribution in [2.45, 2.75) is 0 Å². The summed E-state index contributed by atoms with van der Waals surface area (Å²) in [6.07, 6.45) is 0. The average molecular weight is 229 g/mol. The highest BCUT2D eigenvalue weighted by Crippen LogP contribution is 2.28. The van der Waals surface area contributed by atoms with Gasteiger partial charge < -0.3 is 11.5 Å². The summed E-state index contributed by atoms with van der Waals surface area (Å²) >= 11 is 0. The van der Waals surface area contributed by atoms with Gasteiger partial charge in [-0.25, -0.2) is 0 Å². The molecule has 0 heterocycles. The first-order valence-electron chi connectivity index (χ1n) is 4.98. The third kappa shape index (κ3) is 2.17. The Balaban J connectivity index is 2.43. The largest absolute Gasteiger partial charge is 0.399 e. The number of non-ortho nitro benzene ring substituents is 1. The van der Waals surface area contributed by atoms with Gasteiger partial charge in [-0.3, -0.25) is 10.1 Å². The van der Waals surface area contributed by atoms with E-state index in [2.05, 4.69) is 0 Å². The number of nitro groups is 1. The number of nitrogens with zero attached hydrogens (tertiary/aromatic N) is 1. The van der Waals surface area contributed by atoms with Gasteiger partial charge in [-0.15, -0.1) is 0 Å². The van der Waals surface area contributed by atoms with Crippen LogP contribution in [0.25, 0.3) is 11.1 Å². The molecule has 2 rings (SSSR count). The molecule has 4 N–H and O–H groups in total. The van der Waals surface area contributed by atoms with Gasteiger partial charge in [0.1, 0.15) is 0 Å². The number of hydrogen-bond acceptors (Lipinski definition) is 4. The first kappa shape index (κ1) is 10.9. The van der Waals surface area contributed by atoms with Crippen molar-refractivity contribution in [3.8, 4) is 11.1 Å². The van der Waals surface area contributed by atoms with Gasteiger partial charge in [0, 0.05) is 29.1 Å². The molecular weight excluding hydrogens is 218 g/mol. The molecule has 0 aliphatic rings. The Bertz CT molecular complexity index is 564. The number of hydrogen-bond donors (Lipinski definition) is 2. The molecule has 0 bridgehead atoms. The van der Waals surface area contributed by atoms with E-state index in [0.29, 0.717) is 11.4 Å². The quantitative estimate of drug-likeness (QED) is 0.469. The second-order valence-electron chi connectivity index (χ2n) is 3.65. The summed E-state index contributed by atoms with van der Waals surface area (Å²) in [6.45, 7) is 0. The van der Waals surface area contributed by atoms with Crippen LogP contribution < -0.4 is 11.5 Å². The van der Waals surface area contributed by atoms with Crippen molar-refractivity contribution in [2.24, 2.45) is 0 Å². The molecule has 0 aliphatic heterocycles. The molecule has 0 unspecified atom stereocenters. The van der Waals surface area contributed by atoms with E-state index in [1.54, 1.807) is 30.3 Å². The zero-order chi connectivity index (χ0) is 12.4. The molecule has 0 aliphatic carbocycles. The Morgan fingerprint density at radius 2 is 1.65 bits per heavy atom. The molecule has 5 heteroatoms. The highest BCUT2D eigenvalue weighted by atomic mass is 16.6. The summed E-state index contributed by atoms with van der Waals surface area (Å²) in [5, 5.41) is 10.5. The third-order valence-electron chi connectivity index (χ3n) is 2.46. The Morgan fingerprint density at radius 3 is 2.18 bits per heavy atom. The topological polar surface area (TPSA) is 95.2 Å². The van der Waals surface area contributed by atoms with Crippen LogP contribution in [0.1, 0.15) is 0 Å². The molecule has 2 aromatic rings. The second kappa shape index (κ2) is 4.13. The van der Waals surface area contributed by atoms with Gasteiger partial charge in [-0.1, -0.05) is 6.07 Å². The van der Waals surface area contributed by atoms with Crippen LogP contribution in [0.4, 0.5) is 17.1 Å². The first-order chi connectivity index (χ1) is 8.08. The fourth-order valence-corrected chi connectivity index (χ4v) is 1.61. The van der Waals surface area contributed by atoms with Crippen LogP contribution in [0.2, 0.25) is 0 Å². The zero-order valence-corrected chi connectivity index (χ0v) is 8.96. The van der Waals surface area contributed by atoms with Gasteiger partial charge >= 0.3 is 0 Å².